The van der Waals surface area contributed by atoms with E-state index in [0.29, 0.717) is 30.5 Å². The molecule has 1 saturated carbocycles. The van der Waals surface area contributed by atoms with E-state index in [2.05, 4.69) is 17.1 Å². The van der Waals surface area contributed by atoms with Crippen molar-refractivity contribution in [2.45, 2.75) is 38.5 Å². The molecule has 1 aliphatic carbocycles. The molecule has 3 unspecified atom stereocenters. The molecule has 3 atom stereocenters. The van der Waals surface area contributed by atoms with Crippen molar-refractivity contribution < 1.29 is 14.4 Å². The first kappa shape index (κ1) is 14.3. The molecule has 112 valence electrons. The number of hydrogen-bond acceptors (Lipinski definition) is 5. The largest absolute Gasteiger partial charge is 0.481 e. The van der Waals surface area contributed by atoms with Crippen molar-refractivity contribution in [3.05, 3.63) is 34.1 Å². The highest BCUT2D eigenvalue weighted by Crippen LogP contribution is 2.43. The Kier molecular flexibility index (Phi) is 4.05. The fourth-order valence-electron chi connectivity index (χ4n) is 3.08. The van der Waals surface area contributed by atoms with E-state index in [1.54, 1.807) is 11.3 Å². The second-order valence-corrected chi connectivity index (χ2v) is 6.63. The molecule has 5 nitrogen and oxygen atoms in total. The lowest BCUT2D eigenvalue weighted by atomic mass is 9.96. The lowest BCUT2D eigenvalue weighted by Crippen LogP contribution is -2.17. The van der Waals surface area contributed by atoms with Gasteiger partial charge in [0.2, 0.25) is 5.89 Å². The normalized spacial score (nSPS) is 25.3. The van der Waals surface area contributed by atoms with Crippen LogP contribution in [0.5, 0.6) is 0 Å². The summed E-state index contributed by atoms with van der Waals surface area (Å²) < 4.78 is 5.35. The summed E-state index contributed by atoms with van der Waals surface area (Å²) in [5.74, 6) is 0.265. The van der Waals surface area contributed by atoms with E-state index in [-0.39, 0.29) is 5.92 Å². The molecule has 0 aliphatic heterocycles. The van der Waals surface area contributed by atoms with Crippen molar-refractivity contribution >= 4 is 17.3 Å². The van der Waals surface area contributed by atoms with Crippen LogP contribution in [0.1, 0.15) is 48.7 Å². The third-order valence-corrected chi connectivity index (χ3v) is 5.14. The van der Waals surface area contributed by atoms with Crippen LogP contribution >= 0.6 is 11.3 Å². The highest BCUT2D eigenvalue weighted by Gasteiger charge is 2.41. The number of nitrogens with zero attached hydrogens (tertiary/aromatic N) is 2. The van der Waals surface area contributed by atoms with Crippen molar-refractivity contribution in [2.24, 2.45) is 11.8 Å². The van der Waals surface area contributed by atoms with Crippen LogP contribution in [0.2, 0.25) is 0 Å². The van der Waals surface area contributed by atoms with Gasteiger partial charge in [-0.15, -0.1) is 11.3 Å². The number of carbonyl (C=O) groups is 1. The van der Waals surface area contributed by atoms with Gasteiger partial charge in [0, 0.05) is 11.3 Å². The van der Waals surface area contributed by atoms with E-state index in [4.69, 9.17) is 4.52 Å². The Morgan fingerprint density at radius 2 is 2.38 bits per heavy atom. The first-order valence-corrected chi connectivity index (χ1v) is 8.13. The van der Waals surface area contributed by atoms with Crippen molar-refractivity contribution in [1.29, 1.82) is 0 Å². The first-order valence-electron chi connectivity index (χ1n) is 7.25. The molecule has 0 aromatic carbocycles. The van der Waals surface area contributed by atoms with Gasteiger partial charge in [-0.05, 0) is 30.2 Å². The number of carboxylic acids is 1. The molecular weight excluding hydrogens is 288 g/mol. The Balaban J connectivity index is 1.76. The second-order valence-electron chi connectivity index (χ2n) is 5.60. The maximum atomic E-state index is 11.4. The van der Waals surface area contributed by atoms with Crippen LogP contribution in [0, 0.1) is 11.8 Å². The average Bonchev–Trinajstić information content (AvgIpc) is 3.18. The van der Waals surface area contributed by atoms with Crippen molar-refractivity contribution in [3.63, 3.8) is 0 Å². The van der Waals surface area contributed by atoms with E-state index in [0.717, 1.165) is 12.8 Å². The fourth-order valence-corrected chi connectivity index (χ4v) is 3.78. The van der Waals surface area contributed by atoms with Crippen LogP contribution in [0.4, 0.5) is 0 Å². The summed E-state index contributed by atoms with van der Waals surface area (Å²) >= 11 is 1.65. The summed E-state index contributed by atoms with van der Waals surface area (Å²) in [6.07, 6.45) is 3.17. The molecule has 2 aromatic heterocycles. The summed E-state index contributed by atoms with van der Waals surface area (Å²) in [6, 6.07) is 4.02. The van der Waals surface area contributed by atoms with Gasteiger partial charge >= 0.3 is 5.97 Å². The van der Waals surface area contributed by atoms with Crippen molar-refractivity contribution in [1.82, 2.24) is 10.1 Å². The van der Waals surface area contributed by atoms with Gasteiger partial charge in [-0.25, -0.2) is 0 Å². The molecule has 0 saturated heterocycles. The Bertz CT molecular complexity index is 608. The quantitative estimate of drug-likeness (QED) is 0.917. The topological polar surface area (TPSA) is 76.2 Å². The van der Waals surface area contributed by atoms with E-state index in [9.17, 15) is 9.90 Å². The number of aromatic nitrogens is 2. The fraction of sp³-hybridized carbons (Fsp3) is 0.533. The third-order valence-electron chi connectivity index (χ3n) is 4.27. The Morgan fingerprint density at radius 1 is 1.52 bits per heavy atom. The lowest BCUT2D eigenvalue weighted by molar-refractivity contribution is -0.142. The third kappa shape index (κ3) is 3.00. The molecule has 0 bridgehead atoms. The van der Waals surface area contributed by atoms with E-state index < -0.39 is 11.9 Å². The van der Waals surface area contributed by atoms with Crippen LogP contribution in [-0.4, -0.2) is 21.2 Å². The van der Waals surface area contributed by atoms with Gasteiger partial charge in [-0.3, -0.25) is 4.79 Å². The average molecular weight is 306 g/mol. The standard InChI is InChI=1S/C15H18N2O3S/c1-2-9-6-11(12(7-9)15(18)19)14-16-13(17-20-14)8-10-4-3-5-21-10/h3-5,9,11-12H,2,6-8H2,1H3,(H,18,19). The van der Waals surface area contributed by atoms with Crippen molar-refractivity contribution in [3.8, 4) is 0 Å². The molecule has 0 amide bonds. The van der Waals surface area contributed by atoms with Gasteiger partial charge in [0.25, 0.3) is 0 Å². The SMILES string of the molecule is CCC1CC(C(=O)O)C(c2nc(Cc3cccs3)no2)C1. The van der Waals surface area contributed by atoms with Gasteiger partial charge in [0.15, 0.2) is 5.82 Å². The molecule has 3 rings (SSSR count). The smallest absolute Gasteiger partial charge is 0.307 e. The summed E-state index contributed by atoms with van der Waals surface area (Å²) in [5, 5.41) is 15.4. The van der Waals surface area contributed by atoms with Gasteiger partial charge in [0.05, 0.1) is 11.8 Å². The lowest BCUT2D eigenvalue weighted by Gasteiger charge is -2.09. The van der Waals surface area contributed by atoms with Crippen molar-refractivity contribution in [2.75, 3.05) is 0 Å². The predicted octanol–water partition coefficient (Wildman–Crippen LogP) is 3.33. The van der Waals surface area contributed by atoms with E-state index >= 15 is 0 Å². The first-order chi connectivity index (χ1) is 10.2. The van der Waals surface area contributed by atoms with Crippen LogP contribution in [0.25, 0.3) is 0 Å². The number of carboxylic acid groups (broad SMARTS) is 1. The Morgan fingerprint density at radius 3 is 3.05 bits per heavy atom. The zero-order valence-electron chi connectivity index (χ0n) is 11.9. The minimum absolute atomic E-state index is 0.142. The predicted molar refractivity (Wildman–Crippen MR) is 78.3 cm³/mol. The zero-order valence-corrected chi connectivity index (χ0v) is 12.7. The summed E-state index contributed by atoms with van der Waals surface area (Å²) in [6.45, 7) is 2.10. The molecule has 1 fully saturated rings. The van der Waals surface area contributed by atoms with E-state index in [1.807, 2.05) is 17.5 Å². The van der Waals surface area contributed by atoms with Gasteiger partial charge in [-0.1, -0.05) is 24.6 Å². The Hall–Kier alpha value is -1.69. The zero-order chi connectivity index (χ0) is 14.8. The van der Waals surface area contributed by atoms with E-state index in [1.165, 1.54) is 4.88 Å². The monoisotopic (exact) mass is 306 g/mol. The van der Waals surface area contributed by atoms with Crippen LogP contribution in [0.3, 0.4) is 0 Å². The maximum absolute atomic E-state index is 11.4. The number of rotatable bonds is 5. The minimum atomic E-state index is -0.756. The molecule has 1 aliphatic rings. The second kappa shape index (κ2) is 5.97. The molecule has 2 aromatic rings. The van der Waals surface area contributed by atoms with Crippen LogP contribution in [-0.2, 0) is 11.2 Å². The van der Waals surface area contributed by atoms with Gasteiger partial charge in [-0.2, -0.15) is 4.98 Å². The summed E-state index contributed by atoms with van der Waals surface area (Å²) in [7, 11) is 0. The highest BCUT2D eigenvalue weighted by atomic mass is 32.1. The van der Waals surface area contributed by atoms with Crippen LogP contribution < -0.4 is 0 Å². The maximum Gasteiger partial charge on any atom is 0.307 e. The number of aliphatic carboxylic acids is 1. The molecule has 2 heterocycles. The number of hydrogen-bond donors (Lipinski definition) is 1. The molecule has 0 spiro atoms. The minimum Gasteiger partial charge on any atom is -0.481 e. The molecule has 6 heteroatoms. The molecule has 21 heavy (non-hydrogen) atoms. The van der Waals surface area contributed by atoms with Crippen LogP contribution in [0.15, 0.2) is 22.0 Å². The summed E-state index contributed by atoms with van der Waals surface area (Å²) in [4.78, 5) is 17.0. The summed E-state index contributed by atoms with van der Waals surface area (Å²) in [5.41, 5.74) is 0. The molecule has 0 radical (unpaired) electrons. The Labute approximate surface area is 127 Å². The molecule has 1 N–H and O–H groups in total. The van der Waals surface area contributed by atoms with Gasteiger partial charge < -0.3 is 9.63 Å². The molecular formula is C15H18N2O3S. The number of thiophene rings is 1. The highest BCUT2D eigenvalue weighted by molar-refractivity contribution is 7.09. The van der Waals surface area contributed by atoms with Gasteiger partial charge in [0.1, 0.15) is 0 Å².